The number of carbonyl (C=O) groups excluding carboxylic acids is 1. The lowest BCUT2D eigenvalue weighted by Crippen LogP contribution is -2.25. The van der Waals surface area contributed by atoms with Crippen molar-refractivity contribution in [2.45, 2.75) is 17.8 Å². The lowest BCUT2D eigenvalue weighted by molar-refractivity contribution is -0.113. The Hall–Kier alpha value is -3.78. The molecule has 0 spiro atoms. The zero-order chi connectivity index (χ0) is 22.6. The number of ether oxygens (including phenoxy) is 2. The molecule has 0 aliphatic carbocycles. The van der Waals surface area contributed by atoms with Crippen LogP contribution < -0.4 is 14.8 Å². The normalized spacial score (nSPS) is 14.7. The number of allylic oxidation sites excluding steroid dienone is 1. The van der Waals surface area contributed by atoms with Gasteiger partial charge in [0, 0.05) is 17.6 Å². The fourth-order valence-electron chi connectivity index (χ4n) is 3.74. The van der Waals surface area contributed by atoms with E-state index in [4.69, 9.17) is 9.47 Å². The fourth-order valence-corrected chi connectivity index (χ4v) is 4.50. The predicted octanol–water partition coefficient (Wildman–Crippen LogP) is 4.86. The summed E-state index contributed by atoms with van der Waals surface area (Å²) in [5.74, 6) is 2.11. The van der Waals surface area contributed by atoms with E-state index in [0.29, 0.717) is 35.6 Å². The molecule has 3 aromatic carbocycles. The third-order valence-corrected chi connectivity index (χ3v) is 6.22. The molecular formula is C25H22N4O3S. The minimum absolute atomic E-state index is 0.114. The number of thioether (sulfide) groups is 1. The summed E-state index contributed by atoms with van der Waals surface area (Å²) in [6.07, 6.45) is 1.37. The Bertz CT molecular complexity index is 1310. The summed E-state index contributed by atoms with van der Waals surface area (Å²) in [6.45, 7) is 4.67. The van der Waals surface area contributed by atoms with Gasteiger partial charge in [0.15, 0.2) is 28.6 Å². The fraction of sp³-hybridized carbons (Fsp3) is 0.160. The second kappa shape index (κ2) is 9.38. The van der Waals surface area contributed by atoms with Crippen molar-refractivity contribution in [2.24, 2.45) is 0 Å². The van der Waals surface area contributed by atoms with Crippen LogP contribution in [0, 0.1) is 0 Å². The van der Waals surface area contributed by atoms with Crippen LogP contribution in [-0.4, -0.2) is 33.0 Å². The van der Waals surface area contributed by atoms with Gasteiger partial charge in [-0.3, -0.25) is 9.36 Å². The van der Waals surface area contributed by atoms with E-state index in [2.05, 4.69) is 22.1 Å². The first-order valence-corrected chi connectivity index (χ1v) is 11.5. The summed E-state index contributed by atoms with van der Waals surface area (Å²) in [7, 11) is 0. The van der Waals surface area contributed by atoms with E-state index < -0.39 is 6.10 Å². The number of amides is 1. The van der Waals surface area contributed by atoms with Crippen LogP contribution in [0.25, 0.3) is 10.8 Å². The molecule has 0 radical (unpaired) electrons. The Labute approximate surface area is 195 Å². The second-order valence-electron chi connectivity index (χ2n) is 7.47. The topological polar surface area (TPSA) is 78.3 Å². The third kappa shape index (κ3) is 4.42. The first-order chi connectivity index (χ1) is 16.2. The van der Waals surface area contributed by atoms with Crippen molar-refractivity contribution in [3.05, 3.63) is 85.2 Å². The number of aromatic nitrogens is 3. The standard InChI is InChI=1S/C25H22N4O3S/c1-2-14-29-24(22-15-31-20-12-5-6-13-21(20)32-22)27-28-25(29)33-16-23(30)26-19-11-7-9-17-8-3-4-10-18(17)19/h2-13,22H,1,14-16H2,(H,26,30)/t22-/m0/s1. The minimum Gasteiger partial charge on any atom is -0.485 e. The number of carbonyl (C=O) groups is 1. The van der Waals surface area contributed by atoms with Crippen LogP contribution in [0.3, 0.4) is 0 Å². The Morgan fingerprint density at radius 1 is 1.09 bits per heavy atom. The van der Waals surface area contributed by atoms with Crippen LogP contribution in [0.1, 0.15) is 11.9 Å². The smallest absolute Gasteiger partial charge is 0.234 e. The highest BCUT2D eigenvalue weighted by Gasteiger charge is 2.28. The lowest BCUT2D eigenvalue weighted by atomic mass is 10.1. The highest BCUT2D eigenvalue weighted by Crippen LogP contribution is 2.36. The van der Waals surface area contributed by atoms with E-state index >= 15 is 0 Å². The SMILES string of the molecule is C=CCn1c(SCC(=O)Nc2cccc3ccccc23)nnc1[C@@H]1COc2ccccc2O1. The van der Waals surface area contributed by atoms with Crippen molar-refractivity contribution in [1.82, 2.24) is 14.8 Å². The Morgan fingerprint density at radius 2 is 1.88 bits per heavy atom. The maximum absolute atomic E-state index is 12.7. The molecule has 1 amide bonds. The number of anilines is 1. The Kier molecular flexibility index (Phi) is 5.99. The molecule has 0 fully saturated rings. The van der Waals surface area contributed by atoms with Crippen molar-refractivity contribution in [2.75, 3.05) is 17.7 Å². The quantitative estimate of drug-likeness (QED) is 0.315. The largest absolute Gasteiger partial charge is 0.485 e. The number of nitrogens with zero attached hydrogens (tertiary/aromatic N) is 3. The molecule has 0 bridgehead atoms. The number of rotatable bonds is 7. The van der Waals surface area contributed by atoms with Gasteiger partial charge < -0.3 is 14.8 Å². The molecule has 8 heteroatoms. The van der Waals surface area contributed by atoms with Crippen LogP contribution in [0.4, 0.5) is 5.69 Å². The molecule has 33 heavy (non-hydrogen) atoms. The summed E-state index contributed by atoms with van der Waals surface area (Å²) in [6, 6.07) is 21.4. The molecule has 0 saturated carbocycles. The summed E-state index contributed by atoms with van der Waals surface area (Å²) in [4.78, 5) is 12.7. The van der Waals surface area contributed by atoms with Crippen LogP contribution >= 0.6 is 11.8 Å². The average Bonchev–Trinajstić information content (AvgIpc) is 3.25. The van der Waals surface area contributed by atoms with Gasteiger partial charge in [0.1, 0.15) is 6.61 Å². The number of nitrogens with one attached hydrogen (secondary N) is 1. The van der Waals surface area contributed by atoms with Gasteiger partial charge in [0.05, 0.1) is 5.75 Å². The molecule has 4 aromatic rings. The first kappa shape index (κ1) is 21.1. The second-order valence-corrected chi connectivity index (χ2v) is 8.41. The zero-order valence-electron chi connectivity index (χ0n) is 17.8. The average molecular weight is 459 g/mol. The molecular weight excluding hydrogens is 436 g/mol. The van der Waals surface area contributed by atoms with E-state index in [1.165, 1.54) is 11.8 Å². The van der Waals surface area contributed by atoms with Crippen molar-refractivity contribution in [3.8, 4) is 11.5 Å². The van der Waals surface area contributed by atoms with Crippen LogP contribution in [0.5, 0.6) is 11.5 Å². The van der Waals surface area contributed by atoms with E-state index in [-0.39, 0.29) is 11.7 Å². The highest BCUT2D eigenvalue weighted by molar-refractivity contribution is 7.99. The van der Waals surface area contributed by atoms with Gasteiger partial charge in [0.25, 0.3) is 0 Å². The number of hydrogen-bond acceptors (Lipinski definition) is 6. The van der Waals surface area contributed by atoms with Gasteiger partial charge in [-0.15, -0.1) is 16.8 Å². The molecule has 0 saturated heterocycles. The molecule has 5 rings (SSSR count). The molecule has 1 aliphatic heterocycles. The van der Waals surface area contributed by atoms with Gasteiger partial charge in [0.2, 0.25) is 5.91 Å². The molecule has 1 aliphatic rings. The summed E-state index contributed by atoms with van der Waals surface area (Å²) in [5.41, 5.74) is 0.790. The molecule has 1 aromatic heterocycles. The predicted molar refractivity (Wildman–Crippen MR) is 129 cm³/mol. The van der Waals surface area contributed by atoms with Crippen LogP contribution in [-0.2, 0) is 11.3 Å². The maximum atomic E-state index is 12.7. The minimum atomic E-state index is -0.397. The van der Waals surface area contributed by atoms with Crippen LogP contribution in [0.2, 0.25) is 0 Å². The van der Waals surface area contributed by atoms with Gasteiger partial charge >= 0.3 is 0 Å². The third-order valence-electron chi connectivity index (χ3n) is 5.25. The van der Waals surface area contributed by atoms with Gasteiger partial charge in [-0.1, -0.05) is 66.4 Å². The molecule has 7 nitrogen and oxygen atoms in total. The van der Waals surface area contributed by atoms with Gasteiger partial charge in [-0.2, -0.15) is 0 Å². The molecule has 1 N–H and O–H groups in total. The lowest BCUT2D eigenvalue weighted by Gasteiger charge is -2.26. The zero-order valence-corrected chi connectivity index (χ0v) is 18.6. The Balaban J connectivity index is 1.29. The van der Waals surface area contributed by atoms with Gasteiger partial charge in [-0.05, 0) is 23.6 Å². The summed E-state index contributed by atoms with van der Waals surface area (Å²) < 4.78 is 13.8. The number of benzene rings is 3. The number of para-hydroxylation sites is 2. The van der Waals surface area contributed by atoms with Crippen LogP contribution in [0.15, 0.2) is 84.5 Å². The van der Waals surface area contributed by atoms with E-state index in [1.807, 2.05) is 71.3 Å². The molecule has 1 atom stereocenters. The molecule has 0 unspecified atom stereocenters. The maximum Gasteiger partial charge on any atom is 0.234 e. The van der Waals surface area contributed by atoms with Crippen molar-refractivity contribution in [3.63, 3.8) is 0 Å². The van der Waals surface area contributed by atoms with E-state index in [1.54, 1.807) is 6.08 Å². The van der Waals surface area contributed by atoms with E-state index in [9.17, 15) is 4.79 Å². The number of hydrogen-bond donors (Lipinski definition) is 1. The van der Waals surface area contributed by atoms with Crippen molar-refractivity contribution >= 4 is 34.1 Å². The van der Waals surface area contributed by atoms with Crippen molar-refractivity contribution in [1.29, 1.82) is 0 Å². The van der Waals surface area contributed by atoms with Gasteiger partial charge in [-0.25, -0.2) is 0 Å². The summed E-state index contributed by atoms with van der Waals surface area (Å²) >= 11 is 1.32. The molecule has 166 valence electrons. The first-order valence-electron chi connectivity index (χ1n) is 10.6. The monoisotopic (exact) mass is 458 g/mol. The summed E-state index contributed by atoms with van der Waals surface area (Å²) in [5, 5.41) is 14.4. The van der Waals surface area contributed by atoms with Crippen molar-refractivity contribution < 1.29 is 14.3 Å². The van der Waals surface area contributed by atoms with E-state index in [0.717, 1.165) is 16.5 Å². The Morgan fingerprint density at radius 3 is 2.76 bits per heavy atom. The highest BCUT2D eigenvalue weighted by atomic mass is 32.2. The number of fused-ring (bicyclic) bond motifs is 2. The molecule has 2 heterocycles.